The molecule has 2 aromatic carbocycles. The van der Waals surface area contributed by atoms with Gasteiger partial charge in [-0.2, -0.15) is 0 Å². The van der Waals surface area contributed by atoms with Gasteiger partial charge < -0.3 is 10.4 Å². The Kier molecular flexibility index (Phi) is 4.95. The summed E-state index contributed by atoms with van der Waals surface area (Å²) in [5.74, 6) is 0.289. The van der Waals surface area contributed by atoms with Gasteiger partial charge in [0.15, 0.2) is 0 Å². The molecule has 0 aliphatic heterocycles. The number of nitrogens with one attached hydrogen (secondary N) is 1. The number of aromatic hydroxyl groups is 1. The minimum absolute atomic E-state index is 0.00565. The van der Waals surface area contributed by atoms with Crippen molar-refractivity contribution in [2.75, 3.05) is 5.32 Å². The van der Waals surface area contributed by atoms with E-state index in [2.05, 4.69) is 28.2 Å². The first-order chi connectivity index (χ1) is 9.52. The summed E-state index contributed by atoms with van der Waals surface area (Å²) < 4.78 is 0.946. The normalized spacial score (nSPS) is 12.2. The highest BCUT2D eigenvalue weighted by Crippen LogP contribution is 2.35. The van der Waals surface area contributed by atoms with Crippen LogP contribution in [-0.4, -0.2) is 5.11 Å². The molecule has 0 fully saturated rings. The molecule has 2 nitrogen and oxygen atoms in total. The Labute approximate surface area is 132 Å². The number of rotatable bonds is 4. The van der Waals surface area contributed by atoms with Gasteiger partial charge in [-0.15, -0.1) is 0 Å². The zero-order valence-corrected chi connectivity index (χ0v) is 13.8. The maximum absolute atomic E-state index is 10.1. The lowest BCUT2D eigenvalue weighted by atomic mass is 10.0. The molecule has 0 aliphatic rings. The van der Waals surface area contributed by atoms with Crippen LogP contribution < -0.4 is 5.32 Å². The van der Waals surface area contributed by atoms with Gasteiger partial charge in [-0.3, -0.25) is 0 Å². The number of aryl methyl sites for hydroxylation is 1. The van der Waals surface area contributed by atoms with Gasteiger partial charge in [0.2, 0.25) is 0 Å². The number of hydrogen-bond donors (Lipinski definition) is 2. The van der Waals surface area contributed by atoms with Crippen molar-refractivity contribution < 1.29 is 5.11 Å². The van der Waals surface area contributed by atoms with Gasteiger partial charge in [0.05, 0.1) is 16.8 Å². The number of para-hydroxylation sites is 1. The lowest BCUT2D eigenvalue weighted by Gasteiger charge is -2.22. The quantitative estimate of drug-likeness (QED) is 0.740. The van der Waals surface area contributed by atoms with Gasteiger partial charge in [0, 0.05) is 10.0 Å². The molecule has 0 aliphatic carbocycles. The van der Waals surface area contributed by atoms with Crippen molar-refractivity contribution >= 4 is 33.2 Å². The summed E-state index contributed by atoms with van der Waals surface area (Å²) in [5.41, 5.74) is 2.87. The Morgan fingerprint density at radius 1 is 1.30 bits per heavy atom. The van der Waals surface area contributed by atoms with Crippen molar-refractivity contribution in [3.63, 3.8) is 0 Å². The van der Waals surface area contributed by atoms with E-state index in [9.17, 15) is 5.11 Å². The van der Waals surface area contributed by atoms with Crippen LogP contribution in [0.5, 0.6) is 5.75 Å². The molecule has 106 valence electrons. The molecular weight excluding hydrogens is 338 g/mol. The molecule has 2 rings (SSSR count). The highest BCUT2D eigenvalue weighted by molar-refractivity contribution is 9.10. The molecule has 0 saturated carbocycles. The number of hydrogen-bond acceptors (Lipinski definition) is 2. The van der Waals surface area contributed by atoms with Crippen molar-refractivity contribution in [3.05, 3.63) is 57.0 Å². The van der Waals surface area contributed by atoms with E-state index in [-0.39, 0.29) is 11.8 Å². The monoisotopic (exact) mass is 353 g/mol. The maximum atomic E-state index is 10.1. The Balaban J connectivity index is 2.36. The van der Waals surface area contributed by atoms with E-state index in [1.807, 2.05) is 37.3 Å². The van der Waals surface area contributed by atoms with Gasteiger partial charge >= 0.3 is 0 Å². The third-order valence-corrected chi connectivity index (χ3v) is 4.12. The number of halogens is 2. The summed E-state index contributed by atoms with van der Waals surface area (Å²) >= 11 is 9.70. The van der Waals surface area contributed by atoms with E-state index >= 15 is 0 Å². The van der Waals surface area contributed by atoms with Crippen LogP contribution in [0.15, 0.2) is 40.9 Å². The number of phenolic OH excluding ortho intramolecular Hbond substituents is 1. The predicted octanol–water partition coefficient (Wildman–Crippen LogP) is 5.68. The minimum Gasteiger partial charge on any atom is -0.508 e. The molecular formula is C16H17BrClNO. The van der Waals surface area contributed by atoms with Crippen LogP contribution in [-0.2, 0) is 0 Å². The highest BCUT2D eigenvalue weighted by atomic mass is 79.9. The molecule has 0 radical (unpaired) electrons. The van der Waals surface area contributed by atoms with Crippen molar-refractivity contribution in [3.8, 4) is 5.75 Å². The number of anilines is 1. The van der Waals surface area contributed by atoms with Crippen LogP contribution in [0.2, 0.25) is 5.02 Å². The molecule has 2 N–H and O–H groups in total. The van der Waals surface area contributed by atoms with Crippen LogP contribution in [0.4, 0.5) is 5.69 Å². The number of benzene rings is 2. The largest absolute Gasteiger partial charge is 0.508 e. The second-order valence-corrected chi connectivity index (χ2v) is 6.06. The second-order valence-electron chi connectivity index (χ2n) is 4.74. The van der Waals surface area contributed by atoms with Gasteiger partial charge in [0.1, 0.15) is 5.75 Å². The van der Waals surface area contributed by atoms with Gasteiger partial charge in [-0.1, -0.05) is 46.6 Å². The molecule has 0 saturated heterocycles. The molecule has 2 aromatic rings. The highest BCUT2D eigenvalue weighted by Gasteiger charge is 2.16. The van der Waals surface area contributed by atoms with E-state index in [1.165, 1.54) is 0 Å². The first kappa shape index (κ1) is 15.2. The molecule has 0 spiro atoms. The van der Waals surface area contributed by atoms with Crippen LogP contribution >= 0.6 is 27.5 Å². The average molecular weight is 355 g/mol. The minimum atomic E-state index is 0.00565. The Bertz CT molecular complexity index is 595. The topological polar surface area (TPSA) is 32.3 Å². The molecule has 0 bridgehead atoms. The fraction of sp³-hybridized carbons (Fsp3) is 0.250. The van der Waals surface area contributed by atoms with Crippen molar-refractivity contribution in [1.29, 1.82) is 0 Å². The summed E-state index contributed by atoms with van der Waals surface area (Å²) in [7, 11) is 0. The second kappa shape index (κ2) is 6.51. The molecule has 0 aromatic heterocycles. The Morgan fingerprint density at radius 3 is 2.70 bits per heavy atom. The summed E-state index contributed by atoms with van der Waals surface area (Å²) in [6.45, 7) is 4.09. The molecule has 0 heterocycles. The predicted molar refractivity (Wildman–Crippen MR) is 88.7 cm³/mol. The summed E-state index contributed by atoms with van der Waals surface area (Å²) in [4.78, 5) is 0. The van der Waals surface area contributed by atoms with Crippen LogP contribution in [0.1, 0.15) is 30.5 Å². The fourth-order valence-corrected chi connectivity index (χ4v) is 2.85. The molecule has 1 unspecified atom stereocenters. The third-order valence-electron chi connectivity index (χ3n) is 3.31. The lowest BCUT2D eigenvalue weighted by Crippen LogP contribution is -2.11. The van der Waals surface area contributed by atoms with Crippen molar-refractivity contribution in [1.82, 2.24) is 0 Å². The first-order valence-corrected chi connectivity index (χ1v) is 7.70. The van der Waals surface area contributed by atoms with Crippen molar-refractivity contribution in [2.45, 2.75) is 26.3 Å². The maximum Gasteiger partial charge on any atom is 0.120 e. The van der Waals surface area contributed by atoms with Crippen LogP contribution in [0, 0.1) is 6.92 Å². The van der Waals surface area contributed by atoms with E-state index in [4.69, 9.17) is 11.6 Å². The molecule has 0 amide bonds. The van der Waals surface area contributed by atoms with Gasteiger partial charge in [-0.25, -0.2) is 0 Å². The van der Waals surface area contributed by atoms with E-state index in [0.717, 1.165) is 27.7 Å². The van der Waals surface area contributed by atoms with Crippen molar-refractivity contribution in [2.24, 2.45) is 0 Å². The lowest BCUT2D eigenvalue weighted by molar-refractivity contribution is 0.462. The van der Waals surface area contributed by atoms with Crippen LogP contribution in [0.25, 0.3) is 0 Å². The molecule has 4 heteroatoms. The van der Waals surface area contributed by atoms with Crippen LogP contribution in [0.3, 0.4) is 0 Å². The summed E-state index contributed by atoms with van der Waals surface area (Å²) in [5, 5.41) is 14.2. The zero-order valence-electron chi connectivity index (χ0n) is 11.5. The zero-order chi connectivity index (χ0) is 14.7. The molecule has 1 atom stereocenters. The smallest absolute Gasteiger partial charge is 0.120 e. The van der Waals surface area contributed by atoms with Gasteiger partial charge in [-0.05, 0) is 43.2 Å². The summed E-state index contributed by atoms with van der Waals surface area (Å²) in [6, 6.07) is 11.3. The van der Waals surface area contributed by atoms with Gasteiger partial charge in [0.25, 0.3) is 0 Å². The van der Waals surface area contributed by atoms with E-state index in [0.29, 0.717) is 5.02 Å². The Hall–Kier alpha value is -1.19. The SMILES string of the molecule is CCC(Nc1c(C)cccc1Cl)c1cc(Br)ccc1O. The third kappa shape index (κ3) is 3.28. The first-order valence-electron chi connectivity index (χ1n) is 6.53. The summed E-state index contributed by atoms with van der Waals surface area (Å²) in [6.07, 6.45) is 0.842. The van der Waals surface area contributed by atoms with E-state index < -0.39 is 0 Å². The Morgan fingerprint density at radius 2 is 2.05 bits per heavy atom. The fourth-order valence-electron chi connectivity index (χ4n) is 2.19. The van der Waals surface area contributed by atoms with E-state index in [1.54, 1.807) is 6.07 Å². The molecule has 20 heavy (non-hydrogen) atoms. The number of phenols is 1. The standard InChI is InChI=1S/C16H17BrClNO/c1-3-14(12-9-11(17)7-8-15(12)20)19-16-10(2)5-4-6-13(16)18/h4-9,14,19-20H,3H2,1-2H3. The average Bonchev–Trinajstić information content (AvgIpc) is 2.42.